The molecule has 4 fully saturated rings. The molecule has 5 rings (SSSR count). The largest absolute Gasteiger partial charge is 0.469 e. The number of rotatable bonds is 3. The third kappa shape index (κ3) is 3.07. The molecule has 32 heavy (non-hydrogen) atoms. The molecule has 1 unspecified atom stereocenters. The van der Waals surface area contributed by atoms with Crippen molar-refractivity contribution in [2.24, 2.45) is 34.5 Å². The van der Waals surface area contributed by atoms with Gasteiger partial charge in [0, 0.05) is 5.92 Å². The Kier molecular flexibility index (Phi) is 5.20. The third-order valence-electron chi connectivity index (χ3n) is 10.1. The molecular formula is C27H36O5. The van der Waals surface area contributed by atoms with E-state index in [1.54, 1.807) is 12.1 Å². The number of benzene rings is 1. The van der Waals surface area contributed by atoms with Crippen molar-refractivity contribution >= 4 is 11.9 Å². The van der Waals surface area contributed by atoms with Gasteiger partial charge in [-0.05, 0) is 86.7 Å². The molecule has 1 spiro atoms. The molecule has 2 bridgehead atoms. The quantitative estimate of drug-likeness (QED) is 0.686. The molecule has 5 nitrogen and oxygen atoms in total. The van der Waals surface area contributed by atoms with Crippen LogP contribution in [0.3, 0.4) is 0 Å². The first-order chi connectivity index (χ1) is 15.2. The molecule has 0 heterocycles. The van der Waals surface area contributed by atoms with Gasteiger partial charge in [0.25, 0.3) is 0 Å². The minimum Gasteiger partial charge on any atom is -0.469 e. The fraction of sp³-hybridized carbons (Fsp3) is 0.704. The summed E-state index contributed by atoms with van der Waals surface area (Å²) >= 11 is 0. The lowest BCUT2D eigenvalue weighted by atomic mass is 9.41. The fourth-order valence-corrected chi connectivity index (χ4v) is 8.50. The summed E-state index contributed by atoms with van der Waals surface area (Å²) in [6.07, 6.45) is 7.08. The molecule has 0 radical (unpaired) electrons. The zero-order valence-corrected chi connectivity index (χ0v) is 19.5. The van der Waals surface area contributed by atoms with E-state index in [1.807, 2.05) is 25.1 Å². The zero-order valence-electron chi connectivity index (χ0n) is 19.5. The number of ether oxygens (including phenoxy) is 2. The average Bonchev–Trinajstić information content (AvgIpc) is 3.14. The smallest absolute Gasteiger partial charge is 0.338 e. The number of fused-ring (bicyclic) bond motifs is 2. The van der Waals surface area contributed by atoms with Crippen LogP contribution in [0.1, 0.15) is 75.6 Å². The molecule has 5 heteroatoms. The van der Waals surface area contributed by atoms with Crippen LogP contribution in [-0.2, 0) is 14.3 Å². The second-order valence-corrected chi connectivity index (χ2v) is 11.4. The van der Waals surface area contributed by atoms with Gasteiger partial charge < -0.3 is 14.6 Å². The minimum atomic E-state index is -0.624. The van der Waals surface area contributed by atoms with E-state index in [-0.39, 0.29) is 46.6 Å². The monoisotopic (exact) mass is 440 g/mol. The lowest BCUT2D eigenvalue weighted by Gasteiger charge is -2.64. The second-order valence-electron chi connectivity index (χ2n) is 11.4. The van der Waals surface area contributed by atoms with E-state index in [2.05, 4.69) is 6.92 Å². The Balaban J connectivity index is 1.54. The van der Waals surface area contributed by atoms with Crippen molar-refractivity contribution in [3.63, 3.8) is 0 Å². The summed E-state index contributed by atoms with van der Waals surface area (Å²) in [5.41, 5.74) is -0.0820. The number of esters is 2. The van der Waals surface area contributed by atoms with Gasteiger partial charge in [-0.2, -0.15) is 0 Å². The number of aliphatic hydroxyl groups is 1. The summed E-state index contributed by atoms with van der Waals surface area (Å²) in [4.78, 5) is 26.0. The predicted octanol–water partition coefficient (Wildman–Crippen LogP) is 4.77. The molecule has 0 amide bonds. The highest BCUT2D eigenvalue weighted by Crippen LogP contribution is 2.74. The molecule has 0 saturated heterocycles. The molecule has 1 aromatic carbocycles. The average molecular weight is 441 g/mol. The molecule has 4 aliphatic rings. The Morgan fingerprint density at radius 3 is 2.50 bits per heavy atom. The Bertz CT molecular complexity index is 895. The van der Waals surface area contributed by atoms with Crippen LogP contribution < -0.4 is 0 Å². The third-order valence-corrected chi connectivity index (χ3v) is 10.1. The van der Waals surface area contributed by atoms with Crippen LogP contribution >= 0.6 is 0 Å². The summed E-state index contributed by atoms with van der Waals surface area (Å²) < 4.78 is 11.5. The predicted molar refractivity (Wildman–Crippen MR) is 120 cm³/mol. The Labute approximate surface area is 190 Å². The number of carbonyl (C=O) groups is 2. The van der Waals surface area contributed by atoms with Crippen LogP contribution in [0.15, 0.2) is 30.3 Å². The molecule has 1 aromatic rings. The molecular weight excluding hydrogens is 404 g/mol. The molecule has 174 valence electrons. The van der Waals surface area contributed by atoms with Gasteiger partial charge >= 0.3 is 11.9 Å². The first kappa shape index (κ1) is 21.9. The van der Waals surface area contributed by atoms with Crippen LogP contribution in [0, 0.1) is 34.5 Å². The maximum absolute atomic E-state index is 13.1. The van der Waals surface area contributed by atoms with E-state index in [1.165, 1.54) is 7.11 Å². The van der Waals surface area contributed by atoms with Crippen molar-refractivity contribution in [2.45, 2.75) is 76.9 Å². The van der Waals surface area contributed by atoms with Crippen LogP contribution in [-0.4, -0.2) is 35.9 Å². The van der Waals surface area contributed by atoms with Crippen molar-refractivity contribution in [1.82, 2.24) is 0 Å². The normalized spacial score (nSPS) is 44.8. The number of carbonyl (C=O) groups excluding carboxylic acids is 2. The first-order valence-corrected chi connectivity index (χ1v) is 12.3. The van der Waals surface area contributed by atoms with E-state index in [0.717, 1.165) is 51.4 Å². The molecule has 4 aliphatic carbocycles. The van der Waals surface area contributed by atoms with Crippen molar-refractivity contribution in [2.75, 3.05) is 7.11 Å². The minimum absolute atomic E-state index is 0.0468. The summed E-state index contributed by atoms with van der Waals surface area (Å²) in [6.45, 7) is 4.34. The van der Waals surface area contributed by atoms with E-state index in [9.17, 15) is 14.7 Å². The zero-order chi connectivity index (χ0) is 22.7. The summed E-state index contributed by atoms with van der Waals surface area (Å²) in [7, 11) is 1.46. The lowest BCUT2D eigenvalue weighted by molar-refractivity contribution is -0.202. The summed E-state index contributed by atoms with van der Waals surface area (Å²) in [5, 5.41) is 11.1. The van der Waals surface area contributed by atoms with E-state index in [0.29, 0.717) is 11.5 Å². The Morgan fingerprint density at radius 2 is 1.78 bits per heavy atom. The highest BCUT2D eigenvalue weighted by molar-refractivity contribution is 5.89. The maximum atomic E-state index is 13.1. The highest BCUT2D eigenvalue weighted by atomic mass is 16.5. The topological polar surface area (TPSA) is 72.8 Å². The van der Waals surface area contributed by atoms with Crippen LogP contribution in [0.4, 0.5) is 0 Å². The van der Waals surface area contributed by atoms with Gasteiger partial charge in [-0.25, -0.2) is 4.79 Å². The molecule has 1 N–H and O–H groups in total. The SMILES string of the molecule is COC(=O)[C@@H]1CCC[C@@]2(C)[C@@H]1[C@H](OC(=O)c1ccccc1)C[C@H]1C[C@@H]3CC12CC[C@@]3(C)O. The van der Waals surface area contributed by atoms with E-state index >= 15 is 0 Å². The molecule has 4 saturated carbocycles. The van der Waals surface area contributed by atoms with Gasteiger partial charge in [0.15, 0.2) is 0 Å². The lowest BCUT2D eigenvalue weighted by Crippen LogP contribution is -2.62. The van der Waals surface area contributed by atoms with Crippen molar-refractivity contribution in [1.29, 1.82) is 0 Å². The van der Waals surface area contributed by atoms with Gasteiger partial charge in [-0.1, -0.05) is 31.5 Å². The standard InChI is InChI=1S/C27H36O5/c1-25-11-7-10-20(24(29)31-3)22(25)21(32-23(28)17-8-5-4-6-9-17)15-18-14-19-16-27(18,25)13-12-26(19,2)30/h4-6,8-9,18-22,30H,7,10-16H2,1-3H3/t18-,19-,20-,21-,22+,25+,26-,27?/m1/s1. The van der Waals surface area contributed by atoms with Crippen LogP contribution in [0.5, 0.6) is 0 Å². The van der Waals surface area contributed by atoms with E-state index in [4.69, 9.17) is 9.47 Å². The van der Waals surface area contributed by atoms with Crippen molar-refractivity contribution in [3.8, 4) is 0 Å². The van der Waals surface area contributed by atoms with Gasteiger partial charge in [-0.3, -0.25) is 4.79 Å². The Morgan fingerprint density at radius 1 is 1.03 bits per heavy atom. The van der Waals surface area contributed by atoms with Gasteiger partial charge in [0.2, 0.25) is 0 Å². The fourth-order valence-electron chi connectivity index (χ4n) is 8.50. The summed E-state index contributed by atoms with van der Waals surface area (Å²) in [5.74, 6) is -0.0861. The van der Waals surface area contributed by atoms with Crippen molar-refractivity contribution in [3.05, 3.63) is 35.9 Å². The molecule has 0 aromatic heterocycles. The highest BCUT2D eigenvalue weighted by Gasteiger charge is 2.70. The van der Waals surface area contributed by atoms with Crippen molar-refractivity contribution < 1.29 is 24.2 Å². The van der Waals surface area contributed by atoms with Gasteiger partial charge in [-0.15, -0.1) is 0 Å². The van der Waals surface area contributed by atoms with Crippen LogP contribution in [0.25, 0.3) is 0 Å². The number of hydrogen-bond donors (Lipinski definition) is 1. The molecule has 0 aliphatic heterocycles. The van der Waals surface area contributed by atoms with E-state index < -0.39 is 5.60 Å². The van der Waals surface area contributed by atoms with Crippen LogP contribution in [0.2, 0.25) is 0 Å². The number of hydrogen-bond acceptors (Lipinski definition) is 5. The second kappa shape index (κ2) is 7.58. The first-order valence-electron chi connectivity index (χ1n) is 12.3. The summed E-state index contributed by atoms with van der Waals surface area (Å²) in [6, 6.07) is 9.14. The van der Waals surface area contributed by atoms with Gasteiger partial charge in [0.05, 0.1) is 24.2 Å². The maximum Gasteiger partial charge on any atom is 0.338 e. The number of methoxy groups -OCH3 is 1. The Hall–Kier alpha value is -1.88. The molecule has 8 atom stereocenters. The van der Waals surface area contributed by atoms with Gasteiger partial charge in [0.1, 0.15) is 6.10 Å².